The third-order valence-electron chi connectivity index (χ3n) is 6.46. The maximum absolute atomic E-state index is 12.9. The van der Waals surface area contributed by atoms with E-state index in [-0.39, 0.29) is 17.0 Å². The van der Waals surface area contributed by atoms with Crippen LogP contribution in [-0.2, 0) is 16.4 Å². The maximum atomic E-state index is 12.9. The smallest absolute Gasteiger partial charge is 0.240 e. The summed E-state index contributed by atoms with van der Waals surface area (Å²) in [6.45, 7) is 5.29. The lowest BCUT2D eigenvalue weighted by molar-refractivity contribution is 0.242. The molecule has 7 nitrogen and oxygen atoms in total. The van der Waals surface area contributed by atoms with E-state index in [0.29, 0.717) is 36.7 Å². The summed E-state index contributed by atoms with van der Waals surface area (Å²) in [6, 6.07) is 14.3. The van der Waals surface area contributed by atoms with Crippen LogP contribution in [-0.4, -0.2) is 43.6 Å². The van der Waals surface area contributed by atoms with E-state index in [1.807, 2.05) is 38.1 Å². The Kier molecular flexibility index (Phi) is 7.01. The minimum atomic E-state index is -3.61. The highest BCUT2D eigenvalue weighted by molar-refractivity contribution is 7.89. The predicted molar refractivity (Wildman–Crippen MR) is 143 cm³/mol. The molecule has 0 bridgehead atoms. The van der Waals surface area contributed by atoms with Crippen LogP contribution in [0.15, 0.2) is 59.8 Å². The van der Waals surface area contributed by atoms with Crippen molar-refractivity contribution in [2.45, 2.75) is 50.2 Å². The Hall–Kier alpha value is -2.94. The maximum Gasteiger partial charge on any atom is 0.240 e. The number of nitrogens with one attached hydrogen (secondary N) is 1. The fourth-order valence-corrected chi connectivity index (χ4v) is 6.11. The standard InChI is InChI=1S/C27H29ClN4O3S/c1-18(2)35-23-7-9-24(10-8-23)36(33,34)31-22-11-13-32(14-12-22)27-25-15-20(16-26(25)29-17-30-27)19-3-5-21(28)6-4-19/h3-10,15,17-18,22,31H,11-14,16H2,1-2H3. The van der Waals surface area contributed by atoms with Crippen molar-refractivity contribution >= 4 is 39.1 Å². The summed E-state index contributed by atoms with van der Waals surface area (Å²) in [4.78, 5) is 11.6. The zero-order chi connectivity index (χ0) is 25.3. The second kappa shape index (κ2) is 10.2. The van der Waals surface area contributed by atoms with Gasteiger partial charge >= 0.3 is 0 Å². The number of hydrogen-bond acceptors (Lipinski definition) is 6. The predicted octanol–water partition coefficient (Wildman–Crippen LogP) is 4.96. The number of nitrogens with zero attached hydrogens (tertiary/aromatic N) is 3. The van der Waals surface area contributed by atoms with Gasteiger partial charge in [-0.05, 0) is 80.3 Å². The lowest BCUT2D eigenvalue weighted by atomic mass is 10.1. The molecule has 1 aliphatic carbocycles. The Labute approximate surface area is 217 Å². The van der Waals surface area contributed by atoms with Crippen molar-refractivity contribution in [1.82, 2.24) is 14.7 Å². The molecule has 0 atom stereocenters. The van der Waals surface area contributed by atoms with Crippen LogP contribution in [0, 0.1) is 0 Å². The van der Waals surface area contributed by atoms with E-state index in [1.165, 1.54) is 5.57 Å². The summed E-state index contributed by atoms with van der Waals surface area (Å²) in [5.41, 5.74) is 4.37. The number of anilines is 1. The van der Waals surface area contributed by atoms with Crippen molar-refractivity contribution in [3.63, 3.8) is 0 Å². The lowest BCUT2D eigenvalue weighted by Crippen LogP contribution is -2.45. The number of hydrogen-bond donors (Lipinski definition) is 1. The van der Waals surface area contributed by atoms with Crippen LogP contribution in [0.3, 0.4) is 0 Å². The van der Waals surface area contributed by atoms with Gasteiger partial charge in [-0.15, -0.1) is 0 Å². The molecule has 1 aromatic heterocycles. The summed E-state index contributed by atoms with van der Waals surface area (Å²) in [5, 5.41) is 0.714. The molecule has 0 radical (unpaired) electrons. The third kappa shape index (κ3) is 5.40. The first-order chi connectivity index (χ1) is 17.3. The molecule has 36 heavy (non-hydrogen) atoms. The van der Waals surface area contributed by atoms with Crippen LogP contribution >= 0.6 is 11.6 Å². The van der Waals surface area contributed by atoms with Gasteiger partial charge < -0.3 is 9.64 Å². The fourth-order valence-electron chi connectivity index (χ4n) is 4.68. The van der Waals surface area contributed by atoms with Gasteiger partial charge in [-0.2, -0.15) is 0 Å². The quantitative estimate of drug-likeness (QED) is 0.470. The monoisotopic (exact) mass is 524 g/mol. The molecule has 3 aromatic rings. The van der Waals surface area contributed by atoms with Crippen LogP contribution in [0.25, 0.3) is 11.6 Å². The molecule has 5 rings (SSSR count). The van der Waals surface area contributed by atoms with Gasteiger partial charge in [0.25, 0.3) is 0 Å². The molecule has 2 heterocycles. The molecule has 1 fully saturated rings. The molecule has 2 aromatic carbocycles. The Balaban J connectivity index is 1.24. The number of benzene rings is 2. The number of fused-ring (bicyclic) bond motifs is 1. The molecule has 0 spiro atoms. The highest BCUT2D eigenvalue weighted by Gasteiger charge is 2.28. The number of rotatable bonds is 7. The normalized spacial score (nSPS) is 16.2. The molecule has 9 heteroatoms. The van der Waals surface area contributed by atoms with Gasteiger partial charge in [-0.1, -0.05) is 23.7 Å². The lowest BCUT2D eigenvalue weighted by Gasteiger charge is -2.33. The van der Waals surface area contributed by atoms with Gasteiger partial charge in [-0.25, -0.2) is 23.1 Å². The van der Waals surface area contributed by atoms with E-state index >= 15 is 0 Å². The number of allylic oxidation sites excluding steroid dienone is 1. The molecule has 1 aliphatic heterocycles. The molecule has 0 unspecified atom stereocenters. The van der Waals surface area contributed by atoms with Crippen molar-refractivity contribution in [2.24, 2.45) is 0 Å². The number of ether oxygens (including phenoxy) is 1. The van der Waals surface area contributed by atoms with E-state index in [1.54, 1.807) is 30.6 Å². The van der Waals surface area contributed by atoms with Crippen LogP contribution in [0.4, 0.5) is 5.82 Å². The number of sulfonamides is 1. The molecule has 0 saturated carbocycles. The summed E-state index contributed by atoms with van der Waals surface area (Å²) in [7, 11) is -3.61. The summed E-state index contributed by atoms with van der Waals surface area (Å²) >= 11 is 6.05. The molecule has 1 saturated heterocycles. The Morgan fingerprint density at radius 1 is 1.03 bits per heavy atom. The average Bonchev–Trinajstić information content (AvgIpc) is 3.29. The fraction of sp³-hybridized carbons (Fsp3) is 0.333. The van der Waals surface area contributed by atoms with Gasteiger partial charge in [0.15, 0.2) is 0 Å². The van der Waals surface area contributed by atoms with Crippen LogP contribution in [0.2, 0.25) is 5.02 Å². The summed E-state index contributed by atoms with van der Waals surface area (Å²) < 4.78 is 34.3. The van der Waals surface area contributed by atoms with Crippen molar-refractivity contribution in [2.75, 3.05) is 18.0 Å². The molecule has 1 N–H and O–H groups in total. The SMILES string of the molecule is CC(C)Oc1ccc(S(=O)(=O)NC2CCN(c3ncnc4c3C=C(c3ccc(Cl)cc3)C4)CC2)cc1. The second-order valence-electron chi connectivity index (χ2n) is 9.43. The second-order valence-corrected chi connectivity index (χ2v) is 11.6. The Morgan fingerprint density at radius 2 is 1.72 bits per heavy atom. The van der Waals surface area contributed by atoms with Crippen molar-refractivity contribution in [3.8, 4) is 5.75 Å². The first kappa shape index (κ1) is 24.7. The highest BCUT2D eigenvalue weighted by Crippen LogP contribution is 2.36. The Bertz CT molecular complexity index is 1370. The molecule has 2 aliphatic rings. The summed E-state index contributed by atoms with van der Waals surface area (Å²) in [6.07, 6.45) is 5.96. The minimum absolute atomic E-state index is 0.0337. The number of halogens is 1. The van der Waals surface area contributed by atoms with E-state index in [9.17, 15) is 8.42 Å². The number of piperidine rings is 1. The molecule has 0 amide bonds. The van der Waals surface area contributed by atoms with Gasteiger partial charge in [0.2, 0.25) is 10.0 Å². The Morgan fingerprint density at radius 3 is 2.39 bits per heavy atom. The van der Waals surface area contributed by atoms with Crippen molar-refractivity contribution in [1.29, 1.82) is 0 Å². The average molecular weight is 525 g/mol. The topological polar surface area (TPSA) is 84.4 Å². The number of aromatic nitrogens is 2. The third-order valence-corrected chi connectivity index (χ3v) is 8.25. The minimum Gasteiger partial charge on any atom is -0.491 e. The van der Waals surface area contributed by atoms with Crippen molar-refractivity contribution in [3.05, 3.63) is 76.7 Å². The zero-order valence-electron chi connectivity index (χ0n) is 20.3. The molecular formula is C27H29ClN4O3S. The summed E-state index contributed by atoms with van der Waals surface area (Å²) in [5.74, 6) is 1.56. The van der Waals surface area contributed by atoms with Crippen LogP contribution in [0.5, 0.6) is 5.75 Å². The van der Waals surface area contributed by atoms with Crippen LogP contribution in [0.1, 0.15) is 43.5 Å². The van der Waals surface area contributed by atoms with Gasteiger partial charge in [0.05, 0.1) is 16.7 Å². The van der Waals surface area contributed by atoms with E-state index in [4.69, 9.17) is 16.3 Å². The largest absolute Gasteiger partial charge is 0.491 e. The van der Waals surface area contributed by atoms with Gasteiger partial charge in [0.1, 0.15) is 17.9 Å². The molecule has 188 valence electrons. The first-order valence-corrected chi connectivity index (χ1v) is 14.0. The van der Waals surface area contributed by atoms with Gasteiger partial charge in [-0.3, -0.25) is 0 Å². The first-order valence-electron chi connectivity index (χ1n) is 12.1. The highest BCUT2D eigenvalue weighted by atomic mass is 35.5. The van der Waals surface area contributed by atoms with E-state index in [0.717, 1.165) is 29.1 Å². The molecular weight excluding hydrogens is 496 g/mol. The van der Waals surface area contributed by atoms with E-state index in [2.05, 4.69) is 25.7 Å². The van der Waals surface area contributed by atoms with Gasteiger partial charge in [0, 0.05) is 36.1 Å². The van der Waals surface area contributed by atoms with E-state index < -0.39 is 10.0 Å². The van der Waals surface area contributed by atoms with Crippen LogP contribution < -0.4 is 14.4 Å². The van der Waals surface area contributed by atoms with Crippen molar-refractivity contribution < 1.29 is 13.2 Å². The zero-order valence-corrected chi connectivity index (χ0v) is 21.9.